The van der Waals surface area contributed by atoms with E-state index in [0.29, 0.717) is 5.56 Å². The van der Waals surface area contributed by atoms with Crippen molar-refractivity contribution in [2.24, 2.45) is 0 Å². The van der Waals surface area contributed by atoms with Crippen LogP contribution >= 0.6 is 11.6 Å². The number of hydrogen-bond donors (Lipinski definition) is 3. The van der Waals surface area contributed by atoms with E-state index >= 15 is 0 Å². The van der Waals surface area contributed by atoms with Crippen LogP contribution in [0.15, 0.2) is 18.2 Å². The first-order chi connectivity index (χ1) is 6.99. The summed E-state index contributed by atoms with van der Waals surface area (Å²) in [7, 11) is -2.77. The highest BCUT2D eigenvalue weighted by atomic mass is 35.5. The van der Waals surface area contributed by atoms with Crippen LogP contribution in [-0.2, 0) is 22.1 Å². The van der Waals surface area contributed by atoms with Crippen LogP contribution < -0.4 is 4.72 Å². The number of benzene rings is 1. The summed E-state index contributed by atoms with van der Waals surface area (Å²) in [5.74, 6) is -0.971. The number of halogens is 1. The SMILES string of the molecule is O=C(O)Cc1ccc(N[SH](=O)=O)c(Cl)c1. The van der Waals surface area contributed by atoms with Gasteiger partial charge in [0.2, 0.25) is 10.9 Å². The Morgan fingerprint density at radius 2 is 2.13 bits per heavy atom. The van der Waals surface area contributed by atoms with Gasteiger partial charge in [0.05, 0.1) is 17.1 Å². The molecule has 5 nitrogen and oxygen atoms in total. The molecule has 0 aliphatic heterocycles. The molecule has 1 aromatic rings. The maximum Gasteiger partial charge on any atom is 0.307 e. The lowest BCUT2D eigenvalue weighted by molar-refractivity contribution is -0.136. The van der Waals surface area contributed by atoms with E-state index in [9.17, 15) is 13.2 Å². The zero-order valence-corrected chi connectivity index (χ0v) is 9.09. The van der Waals surface area contributed by atoms with Gasteiger partial charge in [0.15, 0.2) is 0 Å². The number of nitrogens with one attached hydrogen (secondary N) is 1. The normalized spacial score (nSPS) is 10.3. The molecule has 0 heterocycles. The van der Waals surface area contributed by atoms with Crippen molar-refractivity contribution in [3.63, 3.8) is 0 Å². The number of carbonyl (C=O) groups is 1. The molecule has 0 saturated heterocycles. The first kappa shape index (κ1) is 11.8. The molecule has 1 aromatic carbocycles. The van der Waals surface area contributed by atoms with E-state index in [4.69, 9.17) is 16.7 Å². The molecule has 0 unspecified atom stereocenters. The van der Waals surface area contributed by atoms with Crippen LogP contribution in [0.2, 0.25) is 5.02 Å². The van der Waals surface area contributed by atoms with Crippen LogP contribution in [0.5, 0.6) is 0 Å². The topological polar surface area (TPSA) is 83.5 Å². The minimum atomic E-state index is -2.77. The third kappa shape index (κ3) is 3.77. The summed E-state index contributed by atoms with van der Waals surface area (Å²) in [6.45, 7) is 0. The van der Waals surface area contributed by atoms with E-state index in [1.165, 1.54) is 18.2 Å². The minimum absolute atomic E-state index is 0.149. The standard InChI is InChI=1S/C8H8ClNO4S/c9-6-3-5(4-8(11)12)1-2-7(6)10-15(13)14/h1-3,15H,4H2,(H,11,12)(H,10,13,14). The largest absolute Gasteiger partial charge is 0.481 e. The Bertz CT molecular complexity index is 450. The Morgan fingerprint density at radius 3 is 2.60 bits per heavy atom. The van der Waals surface area contributed by atoms with E-state index < -0.39 is 16.9 Å². The fourth-order valence-corrected chi connectivity index (χ4v) is 1.74. The average Bonchev–Trinajstić information content (AvgIpc) is 2.08. The molecule has 0 amide bonds. The van der Waals surface area contributed by atoms with E-state index in [0.717, 1.165) is 0 Å². The Morgan fingerprint density at radius 1 is 1.47 bits per heavy atom. The third-order valence-electron chi connectivity index (χ3n) is 1.60. The summed E-state index contributed by atoms with van der Waals surface area (Å²) in [5, 5.41) is 8.69. The molecule has 0 radical (unpaired) electrons. The van der Waals surface area contributed by atoms with Gasteiger partial charge in [-0.3, -0.25) is 9.52 Å². The molecule has 0 spiro atoms. The molecule has 7 heteroatoms. The van der Waals surface area contributed by atoms with Crippen LogP contribution in [0.25, 0.3) is 0 Å². The van der Waals surface area contributed by atoms with Gasteiger partial charge in [-0.05, 0) is 17.7 Å². The first-order valence-corrected chi connectivity index (χ1v) is 5.46. The summed E-state index contributed by atoms with van der Waals surface area (Å²) < 4.78 is 22.8. The predicted octanol–water partition coefficient (Wildman–Crippen LogP) is 0.905. The molecule has 0 aromatic heterocycles. The molecule has 0 aliphatic carbocycles. The molecule has 0 atom stereocenters. The summed E-state index contributed by atoms with van der Waals surface area (Å²) in [6, 6.07) is 4.34. The number of rotatable bonds is 4. The van der Waals surface area contributed by atoms with Crippen LogP contribution in [0.3, 0.4) is 0 Å². The fourth-order valence-electron chi connectivity index (χ4n) is 1.03. The number of anilines is 1. The Hall–Kier alpha value is -1.27. The summed E-state index contributed by atoms with van der Waals surface area (Å²) >= 11 is 5.73. The maximum absolute atomic E-state index is 10.4. The van der Waals surface area contributed by atoms with Crippen LogP contribution in [-0.4, -0.2) is 19.5 Å². The van der Waals surface area contributed by atoms with Crippen LogP contribution in [0.4, 0.5) is 5.69 Å². The molecule has 0 aliphatic rings. The molecule has 2 N–H and O–H groups in total. The van der Waals surface area contributed by atoms with E-state index in [1.54, 1.807) is 0 Å². The zero-order valence-electron chi connectivity index (χ0n) is 7.44. The van der Waals surface area contributed by atoms with Crippen molar-refractivity contribution in [3.05, 3.63) is 28.8 Å². The zero-order chi connectivity index (χ0) is 11.4. The molecule has 0 bridgehead atoms. The maximum atomic E-state index is 10.4. The van der Waals surface area contributed by atoms with Crippen molar-refractivity contribution in [1.82, 2.24) is 0 Å². The smallest absolute Gasteiger partial charge is 0.307 e. The molecular weight excluding hydrogens is 242 g/mol. The van der Waals surface area contributed by atoms with E-state index in [2.05, 4.69) is 4.72 Å². The highest BCUT2D eigenvalue weighted by Crippen LogP contribution is 2.23. The minimum Gasteiger partial charge on any atom is -0.481 e. The van der Waals surface area contributed by atoms with Gasteiger partial charge in [0.1, 0.15) is 0 Å². The van der Waals surface area contributed by atoms with Crippen molar-refractivity contribution in [2.75, 3.05) is 4.72 Å². The Labute approximate surface area is 92.8 Å². The number of hydrogen-bond acceptors (Lipinski definition) is 3. The van der Waals surface area contributed by atoms with Gasteiger partial charge in [-0.1, -0.05) is 17.7 Å². The first-order valence-electron chi connectivity index (χ1n) is 3.90. The molecule has 1 rings (SSSR count). The number of aliphatic carboxylic acids is 1. The second-order valence-electron chi connectivity index (χ2n) is 2.75. The molecule has 0 saturated carbocycles. The van der Waals surface area contributed by atoms with E-state index in [-0.39, 0.29) is 17.1 Å². The van der Waals surface area contributed by atoms with Gasteiger partial charge >= 0.3 is 5.97 Å². The molecule has 82 valence electrons. The molecule has 15 heavy (non-hydrogen) atoms. The predicted molar refractivity (Wildman–Crippen MR) is 56.7 cm³/mol. The third-order valence-corrected chi connectivity index (χ3v) is 2.34. The lowest BCUT2D eigenvalue weighted by Gasteiger charge is -2.04. The van der Waals surface area contributed by atoms with Crippen LogP contribution in [0, 0.1) is 0 Å². The van der Waals surface area contributed by atoms with Gasteiger partial charge in [-0.2, -0.15) is 0 Å². The fraction of sp³-hybridized carbons (Fsp3) is 0.125. The number of carboxylic acids is 1. The average molecular weight is 250 g/mol. The number of carboxylic acid groups (broad SMARTS) is 1. The van der Waals surface area contributed by atoms with Crippen LogP contribution in [0.1, 0.15) is 5.56 Å². The monoisotopic (exact) mass is 249 g/mol. The summed E-state index contributed by atoms with van der Waals surface area (Å²) in [6.07, 6.45) is -0.149. The van der Waals surface area contributed by atoms with Crippen molar-refractivity contribution < 1.29 is 18.3 Å². The van der Waals surface area contributed by atoms with Gasteiger partial charge < -0.3 is 5.11 Å². The lowest BCUT2D eigenvalue weighted by Crippen LogP contribution is -2.01. The number of thiol groups is 1. The van der Waals surface area contributed by atoms with Crippen molar-refractivity contribution in [1.29, 1.82) is 0 Å². The van der Waals surface area contributed by atoms with Gasteiger partial charge in [-0.15, -0.1) is 0 Å². The van der Waals surface area contributed by atoms with Crippen molar-refractivity contribution >= 4 is 34.1 Å². The van der Waals surface area contributed by atoms with Gasteiger partial charge in [0, 0.05) is 0 Å². The second kappa shape index (κ2) is 4.99. The Balaban J connectivity index is 2.92. The van der Waals surface area contributed by atoms with Crippen molar-refractivity contribution in [3.8, 4) is 0 Å². The van der Waals surface area contributed by atoms with Crippen molar-refractivity contribution in [2.45, 2.75) is 6.42 Å². The van der Waals surface area contributed by atoms with Gasteiger partial charge in [-0.25, -0.2) is 8.42 Å². The highest BCUT2D eigenvalue weighted by molar-refractivity contribution is 7.73. The highest BCUT2D eigenvalue weighted by Gasteiger charge is 2.05. The van der Waals surface area contributed by atoms with Gasteiger partial charge in [0.25, 0.3) is 0 Å². The Kier molecular flexibility index (Phi) is 3.93. The molecular formula is C8H8ClNO4S. The van der Waals surface area contributed by atoms with E-state index in [1.807, 2.05) is 0 Å². The lowest BCUT2D eigenvalue weighted by atomic mass is 10.1. The summed E-state index contributed by atoms with van der Waals surface area (Å²) in [5.41, 5.74) is 0.751. The second-order valence-corrected chi connectivity index (χ2v) is 3.90. The summed E-state index contributed by atoms with van der Waals surface area (Å²) in [4.78, 5) is 10.4. The quantitative estimate of drug-likeness (QED) is 0.693. The molecule has 0 fully saturated rings.